The normalized spacial score (nSPS) is 10.5. The Labute approximate surface area is 145 Å². The van der Waals surface area contributed by atoms with Crippen molar-refractivity contribution in [2.75, 3.05) is 5.01 Å². The number of aromatic nitrogens is 3. The molecule has 0 aliphatic rings. The smallest absolute Gasteiger partial charge is 0.269 e. The molecule has 0 aliphatic heterocycles. The summed E-state index contributed by atoms with van der Waals surface area (Å²) in [7, 11) is 0. The minimum Gasteiger partial charge on any atom is -0.274 e. The lowest BCUT2D eigenvalue weighted by Crippen LogP contribution is -2.27. The van der Waals surface area contributed by atoms with E-state index in [1.54, 1.807) is 29.5 Å². The number of rotatable bonds is 5. The van der Waals surface area contributed by atoms with E-state index >= 15 is 0 Å². The van der Waals surface area contributed by atoms with E-state index in [0.717, 1.165) is 14.8 Å². The second kappa shape index (κ2) is 6.73. The zero-order valence-corrected chi connectivity index (χ0v) is 14.1. The first-order valence-corrected chi connectivity index (χ1v) is 7.83. The van der Waals surface area contributed by atoms with Crippen LogP contribution in [0.2, 0.25) is 0 Å². The number of nitro groups is 1. The van der Waals surface area contributed by atoms with Gasteiger partial charge in [-0.05, 0) is 52.4 Å². The van der Waals surface area contributed by atoms with Gasteiger partial charge in [0.2, 0.25) is 0 Å². The fraction of sp³-hybridized carbons (Fsp3) is 0.0667. The Kier molecular flexibility index (Phi) is 4.51. The van der Waals surface area contributed by atoms with Crippen molar-refractivity contribution >= 4 is 34.0 Å². The standard InChI is InChI=1S/C15H12IN5O2/c16-13-3-1-12(2-4-13)9-20(19-10-17-18-11-19)14-5-7-15(8-6-14)21(22)23/h1-8,10-11H,9H2. The average molecular weight is 421 g/mol. The van der Waals surface area contributed by atoms with E-state index in [-0.39, 0.29) is 5.69 Å². The van der Waals surface area contributed by atoms with Crippen molar-refractivity contribution in [3.05, 3.63) is 80.4 Å². The third-order valence-corrected chi connectivity index (χ3v) is 4.01. The molecule has 0 saturated carbocycles. The topological polar surface area (TPSA) is 77.1 Å². The first-order chi connectivity index (χ1) is 11.1. The molecule has 8 heteroatoms. The Morgan fingerprint density at radius 1 is 1.04 bits per heavy atom. The maximum atomic E-state index is 10.8. The first-order valence-electron chi connectivity index (χ1n) is 6.75. The van der Waals surface area contributed by atoms with Gasteiger partial charge < -0.3 is 0 Å². The van der Waals surface area contributed by atoms with Crippen LogP contribution in [0.5, 0.6) is 0 Å². The van der Waals surface area contributed by atoms with Crippen LogP contribution < -0.4 is 5.01 Å². The van der Waals surface area contributed by atoms with Gasteiger partial charge in [-0.15, -0.1) is 10.2 Å². The van der Waals surface area contributed by atoms with Crippen LogP contribution in [0.1, 0.15) is 5.56 Å². The molecule has 1 heterocycles. The van der Waals surface area contributed by atoms with Crippen molar-refractivity contribution in [1.82, 2.24) is 14.9 Å². The maximum Gasteiger partial charge on any atom is 0.269 e. The van der Waals surface area contributed by atoms with E-state index < -0.39 is 4.92 Å². The molecule has 0 saturated heterocycles. The summed E-state index contributed by atoms with van der Waals surface area (Å²) >= 11 is 2.26. The highest BCUT2D eigenvalue weighted by atomic mass is 127. The van der Waals surface area contributed by atoms with Crippen LogP contribution in [0.25, 0.3) is 0 Å². The van der Waals surface area contributed by atoms with Gasteiger partial charge in [-0.1, -0.05) is 12.1 Å². The van der Waals surface area contributed by atoms with Crippen LogP contribution in [0.15, 0.2) is 61.2 Å². The van der Waals surface area contributed by atoms with Crippen LogP contribution in [-0.2, 0) is 6.54 Å². The molecule has 7 nitrogen and oxygen atoms in total. The Balaban J connectivity index is 1.92. The van der Waals surface area contributed by atoms with Crippen LogP contribution in [0, 0.1) is 13.7 Å². The molecule has 0 fully saturated rings. The molecule has 0 aliphatic carbocycles. The second-order valence-electron chi connectivity index (χ2n) is 4.80. The number of hydrogen-bond acceptors (Lipinski definition) is 5. The predicted molar refractivity (Wildman–Crippen MR) is 93.9 cm³/mol. The summed E-state index contributed by atoms with van der Waals surface area (Å²) in [6.07, 6.45) is 3.18. The van der Waals surface area contributed by atoms with Crippen LogP contribution in [0.4, 0.5) is 11.4 Å². The highest BCUT2D eigenvalue weighted by Crippen LogP contribution is 2.22. The minimum atomic E-state index is -0.411. The van der Waals surface area contributed by atoms with E-state index in [4.69, 9.17) is 0 Å². The monoisotopic (exact) mass is 421 g/mol. The van der Waals surface area contributed by atoms with E-state index in [1.165, 1.54) is 12.1 Å². The number of non-ortho nitro benzene ring substituents is 1. The molecule has 0 atom stereocenters. The Morgan fingerprint density at radius 2 is 1.65 bits per heavy atom. The van der Waals surface area contributed by atoms with Crippen molar-refractivity contribution in [3.8, 4) is 0 Å². The number of hydrogen-bond donors (Lipinski definition) is 0. The number of benzene rings is 2. The molecule has 3 aromatic rings. The van der Waals surface area contributed by atoms with E-state index in [1.807, 2.05) is 29.3 Å². The largest absolute Gasteiger partial charge is 0.274 e. The van der Waals surface area contributed by atoms with Gasteiger partial charge >= 0.3 is 0 Å². The zero-order chi connectivity index (χ0) is 16.2. The van der Waals surface area contributed by atoms with Crippen molar-refractivity contribution in [1.29, 1.82) is 0 Å². The average Bonchev–Trinajstić information content (AvgIpc) is 3.08. The third kappa shape index (κ3) is 3.65. The second-order valence-corrected chi connectivity index (χ2v) is 6.05. The molecular weight excluding hydrogens is 409 g/mol. The van der Waals surface area contributed by atoms with Crippen molar-refractivity contribution in [2.24, 2.45) is 0 Å². The molecule has 0 unspecified atom stereocenters. The summed E-state index contributed by atoms with van der Waals surface area (Å²) in [6.45, 7) is 0.590. The van der Waals surface area contributed by atoms with E-state index in [9.17, 15) is 10.1 Å². The minimum absolute atomic E-state index is 0.0618. The van der Waals surface area contributed by atoms with Gasteiger partial charge in [0, 0.05) is 15.7 Å². The Bertz CT molecular complexity index is 788. The molecule has 0 N–H and O–H groups in total. The van der Waals surface area contributed by atoms with Crippen LogP contribution in [0.3, 0.4) is 0 Å². The van der Waals surface area contributed by atoms with Gasteiger partial charge in [-0.2, -0.15) is 0 Å². The highest BCUT2D eigenvalue weighted by Gasteiger charge is 2.12. The van der Waals surface area contributed by atoms with Crippen LogP contribution >= 0.6 is 22.6 Å². The van der Waals surface area contributed by atoms with Crippen LogP contribution in [-0.4, -0.2) is 19.8 Å². The summed E-state index contributed by atoms with van der Waals surface area (Å²) in [5.41, 5.74) is 1.98. The summed E-state index contributed by atoms with van der Waals surface area (Å²) in [4.78, 5) is 10.4. The summed E-state index contributed by atoms with van der Waals surface area (Å²) < 4.78 is 2.91. The number of nitrogens with zero attached hydrogens (tertiary/aromatic N) is 5. The number of halogens is 1. The molecule has 0 spiro atoms. The quantitative estimate of drug-likeness (QED) is 0.359. The van der Waals surface area contributed by atoms with E-state index in [2.05, 4.69) is 32.8 Å². The predicted octanol–water partition coefficient (Wildman–Crippen LogP) is 3.26. The molecule has 3 rings (SSSR count). The third-order valence-electron chi connectivity index (χ3n) is 3.29. The van der Waals surface area contributed by atoms with Crippen molar-refractivity contribution in [2.45, 2.75) is 6.54 Å². The summed E-state index contributed by atoms with van der Waals surface area (Å²) in [5, 5.41) is 20.4. The fourth-order valence-electron chi connectivity index (χ4n) is 2.14. The molecule has 1 aromatic heterocycles. The SMILES string of the molecule is O=[N+]([O-])c1ccc(N(Cc2ccc(I)cc2)n2cnnc2)cc1. The number of anilines is 1. The summed E-state index contributed by atoms with van der Waals surface area (Å²) in [5.74, 6) is 0. The zero-order valence-electron chi connectivity index (χ0n) is 11.9. The van der Waals surface area contributed by atoms with Gasteiger partial charge in [0.15, 0.2) is 0 Å². The van der Waals surface area contributed by atoms with Gasteiger partial charge in [0.05, 0.1) is 17.2 Å². The number of nitro benzene ring substituents is 1. The Hall–Kier alpha value is -2.49. The Morgan fingerprint density at radius 3 is 2.22 bits per heavy atom. The molecule has 0 bridgehead atoms. The maximum absolute atomic E-state index is 10.8. The molecular formula is C15H12IN5O2. The molecule has 0 radical (unpaired) electrons. The molecule has 0 amide bonds. The molecule has 116 valence electrons. The van der Waals surface area contributed by atoms with Crippen molar-refractivity contribution < 1.29 is 4.92 Å². The van der Waals surface area contributed by atoms with Gasteiger partial charge in [-0.3, -0.25) is 15.1 Å². The van der Waals surface area contributed by atoms with Crippen molar-refractivity contribution in [3.63, 3.8) is 0 Å². The first kappa shape index (κ1) is 15.4. The molecule has 23 heavy (non-hydrogen) atoms. The fourth-order valence-corrected chi connectivity index (χ4v) is 2.49. The van der Waals surface area contributed by atoms with E-state index in [0.29, 0.717) is 6.54 Å². The lowest BCUT2D eigenvalue weighted by molar-refractivity contribution is -0.384. The molecule has 2 aromatic carbocycles. The highest BCUT2D eigenvalue weighted by molar-refractivity contribution is 14.1. The van der Waals surface area contributed by atoms with Gasteiger partial charge in [0.1, 0.15) is 12.7 Å². The lowest BCUT2D eigenvalue weighted by atomic mass is 10.2. The lowest BCUT2D eigenvalue weighted by Gasteiger charge is -2.25. The van der Waals surface area contributed by atoms with Gasteiger partial charge in [-0.25, -0.2) is 4.68 Å². The summed E-state index contributed by atoms with van der Waals surface area (Å²) in [6, 6.07) is 14.6. The van der Waals surface area contributed by atoms with Gasteiger partial charge in [0.25, 0.3) is 5.69 Å².